The van der Waals surface area contributed by atoms with E-state index in [1.54, 1.807) is 39.9 Å². The number of ether oxygens (including phenoxy) is 1. The molecule has 0 N–H and O–H groups in total. The highest BCUT2D eigenvalue weighted by molar-refractivity contribution is 6.42. The van der Waals surface area contributed by atoms with Gasteiger partial charge in [0.2, 0.25) is 5.91 Å². The van der Waals surface area contributed by atoms with Crippen LogP contribution >= 0.6 is 23.2 Å². The van der Waals surface area contributed by atoms with Crippen molar-refractivity contribution in [2.24, 2.45) is 0 Å². The second kappa shape index (κ2) is 10.3. The first-order valence-electron chi connectivity index (χ1n) is 10.9. The number of likely N-dealkylation sites (N-methyl/N-ethyl adjacent to an activating group) is 1. The monoisotopic (exact) mass is 493 g/mol. The van der Waals surface area contributed by atoms with Crippen LogP contribution in [0.3, 0.4) is 0 Å². The van der Waals surface area contributed by atoms with Gasteiger partial charge >= 0.3 is 6.03 Å². The predicted molar refractivity (Wildman–Crippen MR) is 125 cm³/mol. The van der Waals surface area contributed by atoms with Crippen LogP contribution in [-0.2, 0) is 16.0 Å². The second-order valence-electron chi connectivity index (χ2n) is 8.44. The fourth-order valence-electron chi connectivity index (χ4n) is 4.45. The summed E-state index contributed by atoms with van der Waals surface area (Å²) in [6, 6.07) is 11.1. The summed E-state index contributed by atoms with van der Waals surface area (Å²) in [4.78, 5) is 31.6. The molecule has 0 radical (unpaired) electrons. The molecule has 2 fully saturated rings. The molecule has 2 aliphatic rings. The SMILES string of the molecule is CN(C(=O)Cc1ccc(F)cc1)C1CN(C(=O)N2CCOCC2)CC1c1ccc(Cl)c(Cl)c1. The van der Waals surface area contributed by atoms with Gasteiger partial charge in [-0.15, -0.1) is 0 Å². The molecule has 2 aliphatic heterocycles. The zero-order valence-electron chi connectivity index (χ0n) is 18.3. The predicted octanol–water partition coefficient (Wildman–Crippen LogP) is 4.05. The molecule has 4 rings (SSSR count). The number of rotatable bonds is 4. The van der Waals surface area contributed by atoms with Crippen molar-refractivity contribution in [3.63, 3.8) is 0 Å². The smallest absolute Gasteiger partial charge is 0.320 e. The fourth-order valence-corrected chi connectivity index (χ4v) is 4.75. The van der Waals surface area contributed by atoms with E-state index in [1.807, 2.05) is 12.1 Å². The van der Waals surface area contributed by atoms with E-state index >= 15 is 0 Å². The lowest BCUT2D eigenvalue weighted by Gasteiger charge is -2.31. The van der Waals surface area contributed by atoms with Crippen LogP contribution in [-0.4, -0.2) is 79.1 Å². The summed E-state index contributed by atoms with van der Waals surface area (Å²) in [6.07, 6.45) is 0.152. The summed E-state index contributed by atoms with van der Waals surface area (Å²) < 4.78 is 18.6. The molecule has 0 aromatic heterocycles. The molecule has 0 bridgehead atoms. The van der Waals surface area contributed by atoms with Crippen LogP contribution in [0.25, 0.3) is 0 Å². The molecule has 2 heterocycles. The topological polar surface area (TPSA) is 53.1 Å². The van der Waals surface area contributed by atoms with E-state index in [1.165, 1.54) is 12.1 Å². The van der Waals surface area contributed by atoms with Gasteiger partial charge in [-0.2, -0.15) is 0 Å². The van der Waals surface area contributed by atoms with Crippen LogP contribution in [0, 0.1) is 5.82 Å². The van der Waals surface area contributed by atoms with E-state index in [-0.39, 0.29) is 36.1 Å². The average molecular weight is 494 g/mol. The number of carbonyl (C=O) groups excluding carboxylic acids is 2. The van der Waals surface area contributed by atoms with Gasteiger partial charge in [0, 0.05) is 39.1 Å². The molecule has 176 valence electrons. The lowest BCUT2D eigenvalue weighted by Crippen LogP contribution is -2.48. The zero-order valence-corrected chi connectivity index (χ0v) is 19.9. The number of hydrogen-bond acceptors (Lipinski definition) is 3. The minimum atomic E-state index is -0.340. The Balaban J connectivity index is 1.55. The molecular weight excluding hydrogens is 468 g/mol. The van der Waals surface area contributed by atoms with E-state index in [9.17, 15) is 14.0 Å². The Bertz CT molecular complexity index is 1010. The number of amides is 3. The maximum Gasteiger partial charge on any atom is 0.320 e. The summed E-state index contributed by atoms with van der Waals surface area (Å²) in [7, 11) is 1.75. The molecule has 2 saturated heterocycles. The number of likely N-dealkylation sites (tertiary alicyclic amines) is 1. The van der Waals surface area contributed by atoms with Crippen molar-refractivity contribution in [1.29, 1.82) is 0 Å². The van der Waals surface area contributed by atoms with Gasteiger partial charge in [-0.05, 0) is 35.4 Å². The Morgan fingerprint density at radius 3 is 2.39 bits per heavy atom. The van der Waals surface area contributed by atoms with Gasteiger partial charge in [0.15, 0.2) is 0 Å². The Morgan fingerprint density at radius 2 is 1.73 bits per heavy atom. The Labute approximate surface area is 202 Å². The molecule has 33 heavy (non-hydrogen) atoms. The Morgan fingerprint density at radius 1 is 1.03 bits per heavy atom. The average Bonchev–Trinajstić information content (AvgIpc) is 3.27. The third-order valence-corrected chi connectivity index (χ3v) is 7.11. The minimum Gasteiger partial charge on any atom is -0.378 e. The van der Waals surface area contributed by atoms with Crippen molar-refractivity contribution in [3.05, 3.63) is 69.5 Å². The highest BCUT2D eigenvalue weighted by Gasteiger charge is 2.41. The lowest BCUT2D eigenvalue weighted by atomic mass is 9.93. The van der Waals surface area contributed by atoms with Crippen LogP contribution in [0.2, 0.25) is 10.0 Å². The normalized spacial score (nSPS) is 20.7. The van der Waals surface area contributed by atoms with E-state index in [4.69, 9.17) is 27.9 Å². The van der Waals surface area contributed by atoms with E-state index in [0.29, 0.717) is 49.4 Å². The number of nitrogens with zero attached hydrogens (tertiary/aromatic N) is 3. The van der Waals surface area contributed by atoms with Gasteiger partial charge in [0.1, 0.15) is 5.82 Å². The number of carbonyl (C=O) groups is 2. The maximum atomic E-state index is 13.2. The van der Waals surface area contributed by atoms with E-state index in [2.05, 4.69) is 0 Å². The third-order valence-electron chi connectivity index (χ3n) is 6.37. The summed E-state index contributed by atoms with van der Waals surface area (Å²) >= 11 is 12.4. The summed E-state index contributed by atoms with van der Waals surface area (Å²) in [5.74, 6) is -0.559. The number of benzene rings is 2. The highest BCUT2D eigenvalue weighted by Crippen LogP contribution is 2.35. The maximum absolute atomic E-state index is 13.2. The van der Waals surface area contributed by atoms with Crippen molar-refractivity contribution in [1.82, 2.24) is 14.7 Å². The van der Waals surface area contributed by atoms with Gasteiger partial charge in [0.25, 0.3) is 0 Å². The summed E-state index contributed by atoms with van der Waals surface area (Å²) in [5, 5.41) is 0.892. The molecule has 2 aromatic rings. The number of urea groups is 1. The van der Waals surface area contributed by atoms with Crippen molar-refractivity contribution < 1.29 is 18.7 Å². The van der Waals surface area contributed by atoms with E-state index < -0.39 is 0 Å². The third kappa shape index (κ3) is 5.42. The quantitative estimate of drug-likeness (QED) is 0.645. The molecule has 3 amide bonds. The first kappa shape index (κ1) is 23.8. The van der Waals surface area contributed by atoms with Gasteiger partial charge in [0.05, 0.1) is 35.7 Å². The first-order chi connectivity index (χ1) is 15.8. The molecule has 0 saturated carbocycles. The number of hydrogen-bond donors (Lipinski definition) is 0. The molecule has 2 unspecified atom stereocenters. The Kier molecular flexibility index (Phi) is 7.41. The van der Waals surface area contributed by atoms with Crippen molar-refractivity contribution in [2.45, 2.75) is 18.4 Å². The molecule has 6 nitrogen and oxygen atoms in total. The van der Waals surface area contributed by atoms with Crippen LogP contribution in [0.4, 0.5) is 9.18 Å². The van der Waals surface area contributed by atoms with Crippen LogP contribution < -0.4 is 0 Å². The van der Waals surface area contributed by atoms with Crippen LogP contribution in [0.5, 0.6) is 0 Å². The van der Waals surface area contributed by atoms with Crippen molar-refractivity contribution in [2.75, 3.05) is 46.4 Å². The first-order valence-corrected chi connectivity index (χ1v) is 11.7. The second-order valence-corrected chi connectivity index (χ2v) is 9.26. The minimum absolute atomic E-state index is 0.0507. The lowest BCUT2D eigenvalue weighted by molar-refractivity contribution is -0.131. The van der Waals surface area contributed by atoms with Crippen LogP contribution in [0.1, 0.15) is 17.0 Å². The van der Waals surface area contributed by atoms with Crippen molar-refractivity contribution in [3.8, 4) is 0 Å². The largest absolute Gasteiger partial charge is 0.378 e. The molecule has 2 atom stereocenters. The van der Waals surface area contributed by atoms with Gasteiger partial charge < -0.3 is 19.4 Å². The molecule has 0 aliphatic carbocycles. The van der Waals surface area contributed by atoms with Gasteiger partial charge in [-0.3, -0.25) is 4.79 Å². The number of morpholine rings is 1. The van der Waals surface area contributed by atoms with Gasteiger partial charge in [-0.1, -0.05) is 41.4 Å². The van der Waals surface area contributed by atoms with Crippen LogP contribution in [0.15, 0.2) is 42.5 Å². The standard InChI is InChI=1S/C24H26Cl2FN3O3/c1-28(23(31)12-16-2-5-18(27)6-3-16)22-15-30(24(32)29-8-10-33-11-9-29)14-19(22)17-4-7-20(25)21(26)13-17/h2-7,13,19,22H,8-12,14-15H2,1H3. The highest BCUT2D eigenvalue weighted by atomic mass is 35.5. The summed E-state index contributed by atoms with van der Waals surface area (Å²) in [5.41, 5.74) is 1.66. The number of halogens is 3. The van der Waals surface area contributed by atoms with Crippen molar-refractivity contribution >= 4 is 35.1 Å². The summed E-state index contributed by atoms with van der Waals surface area (Å²) in [6.45, 7) is 3.03. The Hall–Kier alpha value is -2.35. The van der Waals surface area contributed by atoms with Gasteiger partial charge in [-0.25, -0.2) is 9.18 Å². The molecular formula is C24H26Cl2FN3O3. The molecule has 9 heteroatoms. The molecule has 2 aromatic carbocycles. The van der Waals surface area contributed by atoms with E-state index in [0.717, 1.165) is 11.1 Å². The fraction of sp³-hybridized carbons (Fsp3) is 0.417. The molecule has 0 spiro atoms. The zero-order chi connectivity index (χ0) is 23.5.